The molecule has 0 bridgehead atoms. The van der Waals surface area contributed by atoms with Crippen LogP contribution in [0.3, 0.4) is 0 Å². The van der Waals surface area contributed by atoms with Crippen molar-refractivity contribution >= 4 is 17.8 Å². The molecule has 0 radical (unpaired) electrons. The van der Waals surface area contributed by atoms with Crippen molar-refractivity contribution in [1.82, 2.24) is 5.32 Å². The van der Waals surface area contributed by atoms with Crippen LogP contribution in [0.5, 0.6) is 0 Å². The lowest BCUT2D eigenvalue weighted by atomic mass is 9.43. The molecule has 0 aromatic carbocycles. The number of carboxylic acid groups (broad SMARTS) is 2. The summed E-state index contributed by atoms with van der Waals surface area (Å²) in [6.45, 7) is 6.59. The Balaban J connectivity index is 1.42. The minimum atomic E-state index is -1.24. The highest BCUT2D eigenvalue weighted by Crippen LogP contribution is 2.68. The molecule has 4 rings (SSSR count). The van der Waals surface area contributed by atoms with E-state index >= 15 is 0 Å². The summed E-state index contributed by atoms with van der Waals surface area (Å²) in [4.78, 5) is 34.8. The van der Waals surface area contributed by atoms with E-state index in [1.54, 1.807) is 0 Å². The Hall–Kier alpha value is -1.71. The van der Waals surface area contributed by atoms with Gasteiger partial charge in [0.25, 0.3) is 0 Å². The summed E-state index contributed by atoms with van der Waals surface area (Å²) in [6.07, 6.45) is 4.64. The number of aliphatic hydroxyl groups excluding tert-OH is 3. The molecule has 0 aromatic heterocycles. The number of nitrogens with one attached hydrogen (secondary N) is 1. The Bertz CT molecular complexity index is 911. The van der Waals surface area contributed by atoms with E-state index in [0.29, 0.717) is 19.3 Å². The maximum Gasteiger partial charge on any atom is 0.326 e. The molecule has 6 N–H and O–H groups in total. The van der Waals surface area contributed by atoms with E-state index in [0.717, 1.165) is 32.1 Å². The van der Waals surface area contributed by atoms with Crippen LogP contribution in [-0.4, -0.2) is 67.7 Å². The van der Waals surface area contributed by atoms with Crippen molar-refractivity contribution in [2.24, 2.45) is 46.3 Å². The van der Waals surface area contributed by atoms with E-state index in [4.69, 9.17) is 5.11 Å². The molecule has 0 spiro atoms. The number of amides is 1. The first kappa shape index (κ1) is 29.3. The smallest absolute Gasteiger partial charge is 0.326 e. The number of hydrogen-bond donors (Lipinski definition) is 6. The van der Waals surface area contributed by atoms with Crippen LogP contribution in [0.4, 0.5) is 0 Å². The molecule has 216 valence electrons. The van der Waals surface area contributed by atoms with Crippen LogP contribution in [0, 0.1) is 46.3 Å². The number of rotatable bonds is 9. The van der Waals surface area contributed by atoms with E-state index < -0.39 is 36.1 Å². The summed E-state index contributed by atoms with van der Waals surface area (Å²) < 4.78 is 0. The summed E-state index contributed by atoms with van der Waals surface area (Å²) in [6, 6.07) is -1.22. The van der Waals surface area contributed by atoms with Gasteiger partial charge in [0.05, 0.1) is 18.3 Å². The van der Waals surface area contributed by atoms with Crippen molar-refractivity contribution < 1.29 is 39.9 Å². The van der Waals surface area contributed by atoms with Crippen LogP contribution >= 0.6 is 0 Å². The molecular weight excluding hydrogens is 490 g/mol. The van der Waals surface area contributed by atoms with Crippen molar-refractivity contribution in [3.8, 4) is 0 Å². The Labute approximate surface area is 225 Å². The van der Waals surface area contributed by atoms with Gasteiger partial charge >= 0.3 is 11.9 Å². The van der Waals surface area contributed by atoms with Crippen LogP contribution in [0.2, 0.25) is 0 Å². The molecule has 4 aliphatic carbocycles. The number of carbonyl (C=O) groups excluding carboxylic acids is 1. The summed E-state index contributed by atoms with van der Waals surface area (Å²) in [5.74, 6) is -1.61. The zero-order valence-corrected chi connectivity index (χ0v) is 23.0. The number of carbonyl (C=O) groups is 3. The third kappa shape index (κ3) is 5.22. The SMILES string of the molecule is C[C@H](CCC(=O)N[C@@H](CCC(=O)O)C(=O)O)[C@H]1CC[C@H]2[C@@H]3[C@H](O)CC4C[C@H](O)CC[C@]4(C)[C@H]3C[C@H](O)[C@]12C. The number of hydrogen-bond acceptors (Lipinski definition) is 6. The molecule has 0 aromatic rings. The molecule has 0 heterocycles. The number of carboxylic acids is 2. The average Bonchev–Trinajstić information content (AvgIpc) is 3.20. The third-order valence-corrected chi connectivity index (χ3v) is 11.6. The lowest BCUT2D eigenvalue weighted by Crippen LogP contribution is -2.62. The quantitative estimate of drug-likeness (QED) is 0.261. The number of aliphatic hydroxyl groups is 3. The topological polar surface area (TPSA) is 164 Å². The van der Waals surface area contributed by atoms with Crippen LogP contribution in [0.1, 0.15) is 91.4 Å². The van der Waals surface area contributed by atoms with Crippen molar-refractivity contribution in [2.45, 2.75) is 116 Å². The van der Waals surface area contributed by atoms with E-state index in [1.165, 1.54) is 0 Å². The Kier molecular flexibility index (Phi) is 8.51. The third-order valence-electron chi connectivity index (χ3n) is 11.6. The first-order valence-corrected chi connectivity index (χ1v) is 14.6. The van der Waals surface area contributed by atoms with Crippen LogP contribution < -0.4 is 5.32 Å². The van der Waals surface area contributed by atoms with E-state index in [1.807, 2.05) is 0 Å². The molecular formula is C29H47NO8. The monoisotopic (exact) mass is 537 g/mol. The van der Waals surface area contributed by atoms with Gasteiger partial charge in [0.15, 0.2) is 0 Å². The number of fused-ring (bicyclic) bond motifs is 5. The highest BCUT2D eigenvalue weighted by Gasteiger charge is 2.65. The van der Waals surface area contributed by atoms with E-state index in [2.05, 4.69) is 26.1 Å². The zero-order valence-electron chi connectivity index (χ0n) is 23.0. The van der Waals surface area contributed by atoms with Crippen LogP contribution in [-0.2, 0) is 14.4 Å². The molecule has 9 heteroatoms. The highest BCUT2D eigenvalue weighted by atomic mass is 16.4. The molecule has 12 atom stereocenters. The maximum absolute atomic E-state index is 12.5. The summed E-state index contributed by atoms with van der Waals surface area (Å²) in [7, 11) is 0. The summed E-state index contributed by atoms with van der Waals surface area (Å²) in [5, 5.41) is 54.0. The Morgan fingerprint density at radius 3 is 2.29 bits per heavy atom. The second-order valence-electron chi connectivity index (χ2n) is 13.4. The fourth-order valence-corrected chi connectivity index (χ4v) is 9.48. The predicted octanol–water partition coefficient (Wildman–Crippen LogP) is 2.80. The van der Waals surface area contributed by atoms with Gasteiger partial charge in [0.1, 0.15) is 6.04 Å². The van der Waals surface area contributed by atoms with Gasteiger partial charge in [0, 0.05) is 12.8 Å². The standard InChI is InChI=1S/C29H47NO8/c1-15(4-8-24(34)30-21(27(37)38)7-9-25(35)36)18-5-6-19-26-20(14-23(33)29(18,19)3)28(2)11-10-17(31)12-16(28)13-22(26)32/h15-23,26,31-33H,4-14H2,1-3H3,(H,30,34)(H,35,36)(H,37,38)/t15-,16?,17-,18-,19+,20+,21+,22-,23+,26+,28+,29-/m1/s1. The van der Waals surface area contributed by atoms with Crippen molar-refractivity contribution in [3.63, 3.8) is 0 Å². The average molecular weight is 538 g/mol. The van der Waals surface area contributed by atoms with Crippen molar-refractivity contribution in [1.29, 1.82) is 0 Å². The minimum Gasteiger partial charge on any atom is -0.481 e. The Morgan fingerprint density at radius 2 is 1.63 bits per heavy atom. The molecule has 4 saturated carbocycles. The molecule has 1 amide bonds. The first-order chi connectivity index (χ1) is 17.8. The fraction of sp³-hybridized carbons (Fsp3) is 0.897. The number of aliphatic carboxylic acids is 2. The molecule has 0 aliphatic heterocycles. The fourth-order valence-electron chi connectivity index (χ4n) is 9.48. The van der Waals surface area contributed by atoms with Gasteiger partial charge in [-0.2, -0.15) is 0 Å². The highest BCUT2D eigenvalue weighted by molar-refractivity contribution is 5.83. The van der Waals surface area contributed by atoms with E-state index in [9.17, 15) is 34.8 Å². The van der Waals surface area contributed by atoms with Crippen LogP contribution in [0.25, 0.3) is 0 Å². The lowest BCUT2D eigenvalue weighted by Gasteiger charge is -2.63. The van der Waals surface area contributed by atoms with Gasteiger partial charge < -0.3 is 30.8 Å². The normalized spacial score (nSPS) is 43.7. The van der Waals surface area contributed by atoms with Crippen molar-refractivity contribution in [2.75, 3.05) is 0 Å². The molecule has 4 fully saturated rings. The predicted molar refractivity (Wildman–Crippen MR) is 139 cm³/mol. The van der Waals surface area contributed by atoms with Gasteiger partial charge in [-0.25, -0.2) is 4.79 Å². The van der Waals surface area contributed by atoms with Crippen molar-refractivity contribution in [3.05, 3.63) is 0 Å². The molecule has 0 saturated heterocycles. The second kappa shape index (κ2) is 11.0. The van der Waals surface area contributed by atoms with Gasteiger partial charge in [-0.05, 0) is 104 Å². The largest absolute Gasteiger partial charge is 0.481 e. The van der Waals surface area contributed by atoms with E-state index in [-0.39, 0.29) is 71.7 Å². The minimum absolute atomic E-state index is 0.0224. The molecule has 1 unspecified atom stereocenters. The summed E-state index contributed by atoms with van der Waals surface area (Å²) >= 11 is 0. The van der Waals surface area contributed by atoms with Crippen LogP contribution in [0.15, 0.2) is 0 Å². The zero-order chi connectivity index (χ0) is 28.0. The van der Waals surface area contributed by atoms with Gasteiger partial charge in [-0.3, -0.25) is 9.59 Å². The molecule has 4 aliphatic rings. The second-order valence-corrected chi connectivity index (χ2v) is 13.4. The maximum atomic E-state index is 12.5. The summed E-state index contributed by atoms with van der Waals surface area (Å²) in [5.41, 5.74) is -0.338. The first-order valence-electron chi connectivity index (χ1n) is 14.6. The van der Waals surface area contributed by atoms with Gasteiger partial charge in [0.2, 0.25) is 5.91 Å². The van der Waals surface area contributed by atoms with Gasteiger partial charge in [-0.15, -0.1) is 0 Å². The van der Waals surface area contributed by atoms with Gasteiger partial charge in [-0.1, -0.05) is 20.8 Å². The molecule has 9 nitrogen and oxygen atoms in total. The lowest BCUT2D eigenvalue weighted by molar-refractivity contribution is -0.207. The molecule has 38 heavy (non-hydrogen) atoms. The Morgan fingerprint density at radius 1 is 0.921 bits per heavy atom.